The van der Waals surface area contributed by atoms with E-state index in [0.717, 1.165) is 16.6 Å². The fourth-order valence-electron chi connectivity index (χ4n) is 2.53. The molecule has 2 aromatic carbocycles. The second-order valence-electron chi connectivity index (χ2n) is 5.57. The van der Waals surface area contributed by atoms with Gasteiger partial charge in [-0.1, -0.05) is 12.1 Å². The van der Waals surface area contributed by atoms with Gasteiger partial charge in [0.2, 0.25) is 0 Å². The van der Waals surface area contributed by atoms with Gasteiger partial charge in [-0.3, -0.25) is 9.78 Å². The first-order chi connectivity index (χ1) is 12.2. The van der Waals surface area contributed by atoms with Crippen LogP contribution in [0.15, 0.2) is 60.8 Å². The molecular weight excluding hydrogens is 312 g/mol. The third kappa shape index (κ3) is 3.78. The summed E-state index contributed by atoms with van der Waals surface area (Å²) in [6.45, 7) is 0.454. The molecule has 0 saturated carbocycles. The van der Waals surface area contributed by atoms with Crippen LogP contribution in [0.5, 0.6) is 5.75 Å². The standard InChI is InChI=1S/C21H18N2O2/c1-3-4-13-25-19-9-5-8-18(15-19)23(2)21(24)17-10-11-20-16(14-17)7-6-12-22-20/h1,5-12,14-15H,4,13H2,2H3. The molecule has 1 heterocycles. The fourth-order valence-corrected chi connectivity index (χ4v) is 2.53. The third-order valence-corrected chi connectivity index (χ3v) is 3.87. The summed E-state index contributed by atoms with van der Waals surface area (Å²) in [4.78, 5) is 18.7. The Labute approximate surface area is 147 Å². The van der Waals surface area contributed by atoms with Crippen LogP contribution < -0.4 is 9.64 Å². The maximum Gasteiger partial charge on any atom is 0.258 e. The molecule has 1 amide bonds. The average molecular weight is 330 g/mol. The third-order valence-electron chi connectivity index (χ3n) is 3.87. The molecule has 0 bridgehead atoms. The zero-order chi connectivity index (χ0) is 17.6. The highest BCUT2D eigenvalue weighted by Crippen LogP contribution is 2.23. The normalized spacial score (nSPS) is 10.2. The predicted molar refractivity (Wildman–Crippen MR) is 99.9 cm³/mol. The average Bonchev–Trinajstić information content (AvgIpc) is 2.67. The number of ether oxygens (including phenoxy) is 1. The second kappa shape index (κ2) is 7.50. The summed E-state index contributed by atoms with van der Waals surface area (Å²) in [6, 6.07) is 16.7. The topological polar surface area (TPSA) is 42.4 Å². The molecular formula is C21H18N2O2. The molecule has 3 aromatic rings. The van der Waals surface area contributed by atoms with E-state index < -0.39 is 0 Å². The van der Waals surface area contributed by atoms with Gasteiger partial charge in [-0.2, -0.15) is 0 Å². The summed E-state index contributed by atoms with van der Waals surface area (Å²) in [6.07, 6.45) is 7.51. The van der Waals surface area contributed by atoms with Gasteiger partial charge in [0.05, 0.1) is 12.1 Å². The van der Waals surface area contributed by atoms with Crippen molar-refractivity contribution in [3.63, 3.8) is 0 Å². The van der Waals surface area contributed by atoms with Crippen molar-refractivity contribution in [3.05, 3.63) is 66.4 Å². The molecule has 0 fully saturated rings. The molecule has 1 aromatic heterocycles. The lowest BCUT2D eigenvalue weighted by Gasteiger charge is -2.18. The SMILES string of the molecule is C#CCCOc1cccc(N(C)C(=O)c2ccc3ncccc3c2)c1. The van der Waals surface area contributed by atoms with E-state index in [1.54, 1.807) is 24.2 Å². The van der Waals surface area contributed by atoms with E-state index in [1.807, 2.05) is 48.5 Å². The Bertz CT molecular complexity index is 944. The molecule has 0 aliphatic heterocycles. The Morgan fingerprint density at radius 1 is 1.20 bits per heavy atom. The van der Waals surface area contributed by atoms with Crippen molar-refractivity contribution in [2.75, 3.05) is 18.6 Å². The number of terminal acetylenes is 1. The van der Waals surface area contributed by atoms with E-state index in [0.29, 0.717) is 24.3 Å². The summed E-state index contributed by atoms with van der Waals surface area (Å²) < 4.78 is 5.59. The number of carbonyl (C=O) groups excluding carboxylic acids is 1. The summed E-state index contributed by atoms with van der Waals surface area (Å²) in [7, 11) is 1.75. The lowest BCUT2D eigenvalue weighted by atomic mass is 10.1. The molecule has 3 rings (SSSR count). The Kier molecular flexibility index (Phi) is 4.96. The number of hydrogen-bond acceptors (Lipinski definition) is 3. The highest BCUT2D eigenvalue weighted by atomic mass is 16.5. The summed E-state index contributed by atoms with van der Waals surface area (Å²) >= 11 is 0. The quantitative estimate of drug-likeness (QED) is 0.526. The molecule has 0 unspecified atom stereocenters. The van der Waals surface area contributed by atoms with Crippen LogP contribution in [0.4, 0.5) is 5.69 Å². The Morgan fingerprint density at radius 3 is 2.92 bits per heavy atom. The van der Waals surface area contributed by atoms with E-state index >= 15 is 0 Å². The van der Waals surface area contributed by atoms with Crippen molar-refractivity contribution >= 4 is 22.5 Å². The lowest BCUT2D eigenvalue weighted by molar-refractivity contribution is 0.0993. The molecule has 0 N–H and O–H groups in total. The molecule has 0 atom stereocenters. The maximum atomic E-state index is 12.8. The van der Waals surface area contributed by atoms with Crippen LogP contribution in [0.1, 0.15) is 16.8 Å². The number of carbonyl (C=O) groups is 1. The zero-order valence-electron chi connectivity index (χ0n) is 14.0. The summed E-state index contributed by atoms with van der Waals surface area (Å²) in [5.74, 6) is 3.13. The van der Waals surface area contributed by atoms with E-state index in [-0.39, 0.29) is 5.91 Å². The van der Waals surface area contributed by atoms with Gasteiger partial charge in [-0.25, -0.2) is 0 Å². The monoisotopic (exact) mass is 330 g/mol. The van der Waals surface area contributed by atoms with Crippen molar-refractivity contribution in [3.8, 4) is 18.1 Å². The number of anilines is 1. The van der Waals surface area contributed by atoms with Crippen LogP contribution in [-0.4, -0.2) is 24.5 Å². The number of nitrogens with zero attached hydrogens (tertiary/aromatic N) is 2. The highest BCUT2D eigenvalue weighted by molar-refractivity contribution is 6.07. The molecule has 4 nitrogen and oxygen atoms in total. The molecule has 4 heteroatoms. The first kappa shape index (κ1) is 16.5. The molecule has 0 saturated heterocycles. The van der Waals surface area contributed by atoms with Gasteiger partial charge in [0.1, 0.15) is 5.75 Å². The lowest BCUT2D eigenvalue weighted by Crippen LogP contribution is -2.26. The number of hydrogen-bond donors (Lipinski definition) is 0. The van der Waals surface area contributed by atoms with Gasteiger partial charge >= 0.3 is 0 Å². The van der Waals surface area contributed by atoms with Crippen molar-refractivity contribution in [2.45, 2.75) is 6.42 Å². The van der Waals surface area contributed by atoms with Gasteiger partial charge in [-0.05, 0) is 36.4 Å². The van der Waals surface area contributed by atoms with E-state index in [9.17, 15) is 4.79 Å². The number of benzene rings is 2. The molecule has 0 aliphatic carbocycles. The maximum absolute atomic E-state index is 12.8. The number of rotatable bonds is 5. The van der Waals surface area contributed by atoms with Crippen LogP contribution >= 0.6 is 0 Å². The van der Waals surface area contributed by atoms with Gasteiger partial charge < -0.3 is 9.64 Å². The van der Waals surface area contributed by atoms with Gasteiger partial charge in [0, 0.05) is 42.4 Å². The van der Waals surface area contributed by atoms with Crippen molar-refractivity contribution in [2.24, 2.45) is 0 Å². The Balaban J connectivity index is 1.81. The number of amides is 1. The first-order valence-corrected chi connectivity index (χ1v) is 7.98. The van der Waals surface area contributed by atoms with Crippen LogP contribution in [-0.2, 0) is 0 Å². The van der Waals surface area contributed by atoms with Gasteiger partial charge in [-0.15, -0.1) is 12.3 Å². The zero-order valence-corrected chi connectivity index (χ0v) is 14.0. The van der Waals surface area contributed by atoms with Crippen LogP contribution in [0.25, 0.3) is 10.9 Å². The number of aromatic nitrogens is 1. The Morgan fingerprint density at radius 2 is 2.08 bits per heavy atom. The molecule has 25 heavy (non-hydrogen) atoms. The molecule has 0 radical (unpaired) electrons. The molecule has 0 spiro atoms. The van der Waals surface area contributed by atoms with Crippen molar-refractivity contribution in [1.82, 2.24) is 4.98 Å². The van der Waals surface area contributed by atoms with Crippen molar-refractivity contribution in [1.29, 1.82) is 0 Å². The minimum Gasteiger partial charge on any atom is -0.493 e. The van der Waals surface area contributed by atoms with Crippen molar-refractivity contribution < 1.29 is 9.53 Å². The second-order valence-corrected chi connectivity index (χ2v) is 5.57. The fraction of sp³-hybridized carbons (Fsp3) is 0.143. The number of fused-ring (bicyclic) bond motifs is 1. The van der Waals surface area contributed by atoms with Gasteiger partial charge in [0.15, 0.2) is 0 Å². The highest BCUT2D eigenvalue weighted by Gasteiger charge is 2.14. The minimum atomic E-state index is -0.0912. The van der Waals surface area contributed by atoms with Gasteiger partial charge in [0.25, 0.3) is 5.91 Å². The summed E-state index contributed by atoms with van der Waals surface area (Å²) in [5, 5.41) is 0.938. The first-order valence-electron chi connectivity index (χ1n) is 7.98. The largest absolute Gasteiger partial charge is 0.493 e. The predicted octanol–water partition coefficient (Wildman–Crippen LogP) is 3.91. The van der Waals surface area contributed by atoms with Crippen LogP contribution in [0.2, 0.25) is 0 Å². The Hall–Kier alpha value is -3.32. The van der Waals surface area contributed by atoms with E-state index in [2.05, 4.69) is 10.9 Å². The molecule has 124 valence electrons. The van der Waals surface area contributed by atoms with Crippen LogP contribution in [0, 0.1) is 12.3 Å². The summed E-state index contributed by atoms with van der Waals surface area (Å²) in [5.41, 5.74) is 2.24. The smallest absolute Gasteiger partial charge is 0.258 e. The van der Waals surface area contributed by atoms with Crippen LogP contribution in [0.3, 0.4) is 0 Å². The number of pyridine rings is 1. The van der Waals surface area contributed by atoms with E-state index in [1.165, 1.54) is 0 Å². The minimum absolute atomic E-state index is 0.0912. The molecule has 0 aliphatic rings. The van der Waals surface area contributed by atoms with E-state index in [4.69, 9.17) is 11.2 Å².